The Kier molecular flexibility index (Phi) is 4.97. The van der Waals surface area contributed by atoms with Gasteiger partial charge in [0.2, 0.25) is 0 Å². The van der Waals surface area contributed by atoms with Crippen LogP contribution >= 0.6 is 0 Å². The first-order valence-electron chi connectivity index (χ1n) is 7.32. The average molecular weight is 262 g/mol. The number of likely N-dealkylation sites (tertiary alicyclic amines) is 1. The molecule has 3 N–H and O–H groups in total. The lowest BCUT2D eigenvalue weighted by molar-refractivity contribution is 0.0444. The van der Waals surface area contributed by atoms with E-state index in [1.54, 1.807) is 0 Å². The lowest BCUT2D eigenvalue weighted by Gasteiger charge is -2.42. The molecule has 0 spiro atoms. The van der Waals surface area contributed by atoms with Gasteiger partial charge in [0.05, 0.1) is 6.61 Å². The van der Waals surface area contributed by atoms with Gasteiger partial charge in [0, 0.05) is 18.1 Å². The molecule has 0 saturated carbocycles. The van der Waals surface area contributed by atoms with Crippen molar-refractivity contribution in [2.45, 2.75) is 51.2 Å². The summed E-state index contributed by atoms with van der Waals surface area (Å²) in [5.74, 6) is 0. The smallest absolute Gasteiger partial charge is 0.0587 e. The Morgan fingerprint density at radius 3 is 2.58 bits per heavy atom. The number of aryl methyl sites for hydroxylation is 1. The van der Waals surface area contributed by atoms with Crippen LogP contribution in [0.5, 0.6) is 0 Å². The molecule has 3 atom stereocenters. The first-order valence-corrected chi connectivity index (χ1v) is 7.32. The first kappa shape index (κ1) is 14.5. The largest absolute Gasteiger partial charge is 0.395 e. The molecule has 1 heterocycles. The predicted octanol–water partition coefficient (Wildman–Crippen LogP) is 2.23. The molecule has 0 bridgehead atoms. The lowest BCUT2D eigenvalue weighted by Crippen LogP contribution is -2.49. The molecular weight excluding hydrogens is 236 g/mol. The van der Waals surface area contributed by atoms with E-state index in [4.69, 9.17) is 5.73 Å². The third-order valence-corrected chi connectivity index (χ3v) is 4.16. The van der Waals surface area contributed by atoms with Crippen LogP contribution in [0.25, 0.3) is 0 Å². The van der Waals surface area contributed by atoms with Crippen molar-refractivity contribution in [3.8, 4) is 0 Å². The van der Waals surface area contributed by atoms with Gasteiger partial charge in [0.15, 0.2) is 0 Å². The number of benzene rings is 1. The zero-order chi connectivity index (χ0) is 13.8. The highest BCUT2D eigenvalue weighted by atomic mass is 16.3. The normalized spacial score (nSPS) is 24.1. The van der Waals surface area contributed by atoms with E-state index in [1.807, 2.05) is 0 Å². The van der Waals surface area contributed by atoms with E-state index in [9.17, 15) is 5.11 Å². The Bertz CT molecular complexity index is 388. The van der Waals surface area contributed by atoms with Crippen molar-refractivity contribution in [1.82, 2.24) is 4.90 Å². The van der Waals surface area contributed by atoms with Gasteiger partial charge in [-0.15, -0.1) is 0 Å². The van der Waals surface area contributed by atoms with Gasteiger partial charge < -0.3 is 10.8 Å². The fraction of sp³-hybridized carbons (Fsp3) is 0.625. The molecule has 1 aliphatic heterocycles. The average Bonchev–Trinajstić information content (AvgIpc) is 2.41. The van der Waals surface area contributed by atoms with E-state index in [1.165, 1.54) is 24.0 Å². The summed E-state index contributed by atoms with van der Waals surface area (Å²) in [6.07, 6.45) is 3.48. The van der Waals surface area contributed by atoms with Gasteiger partial charge >= 0.3 is 0 Å². The fourth-order valence-electron chi connectivity index (χ4n) is 3.15. The van der Waals surface area contributed by atoms with Crippen molar-refractivity contribution in [1.29, 1.82) is 0 Å². The molecule has 106 valence electrons. The predicted molar refractivity (Wildman–Crippen MR) is 79.0 cm³/mol. The lowest BCUT2D eigenvalue weighted by atomic mass is 9.92. The minimum Gasteiger partial charge on any atom is -0.395 e. The molecule has 3 unspecified atom stereocenters. The molecule has 0 aliphatic carbocycles. The molecule has 1 aliphatic rings. The third-order valence-electron chi connectivity index (χ3n) is 4.16. The van der Waals surface area contributed by atoms with Crippen LogP contribution in [0.3, 0.4) is 0 Å². The monoisotopic (exact) mass is 262 g/mol. The van der Waals surface area contributed by atoms with Crippen LogP contribution in [0, 0.1) is 6.92 Å². The van der Waals surface area contributed by atoms with Crippen LogP contribution in [0.2, 0.25) is 0 Å². The van der Waals surface area contributed by atoms with Crippen molar-refractivity contribution in [2.24, 2.45) is 5.73 Å². The summed E-state index contributed by atoms with van der Waals surface area (Å²) >= 11 is 0. The summed E-state index contributed by atoms with van der Waals surface area (Å²) in [6, 6.07) is 9.16. The molecule has 3 nitrogen and oxygen atoms in total. The maximum Gasteiger partial charge on any atom is 0.0587 e. The van der Waals surface area contributed by atoms with E-state index in [0.29, 0.717) is 0 Å². The van der Waals surface area contributed by atoms with Gasteiger partial charge in [-0.2, -0.15) is 0 Å². The number of rotatable bonds is 4. The molecule has 0 amide bonds. The summed E-state index contributed by atoms with van der Waals surface area (Å²) in [6.45, 7) is 5.43. The van der Waals surface area contributed by atoms with Gasteiger partial charge in [-0.3, -0.25) is 4.90 Å². The van der Waals surface area contributed by atoms with Crippen LogP contribution < -0.4 is 5.73 Å². The van der Waals surface area contributed by atoms with E-state index in [0.717, 1.165) is 13.0 Å². The summed E-state index contributed by atoms with van der Waals surface area (Å²) in [5.41, 5.74) is 8.76. The van der Waals surface area contributed by atoms with E-state index in [2.05, 4.69) is 43.0 Å². The van der Waals surface area contributed by atoms with Crippen LogP contribution in [0.1, 0.15) is 43.4 Å². The van der Waals surface area contributed by atoms with Crippen LogP contribution in [0.15, 0.2) is 24.3 Å². The molecule has 1 saturated heterocycles. The molecule has 2 rings (SSSR count). The number of aliphatic hydroxyl groups is 1. The second-order valence-corrected chi connectivity index (χ2v) is 5.78. The maximum atomic E-state index is 9.60. The van der Waals surface area contributed by atoms with Gasteiger partial charge in [-0.1, -0.05) is 36.2 Å². The zero-order valence-electron chi connectivity index (χ0n) is 12.0. The first-order chi connectivity index (χ1) is 9.13. The maximum absolute atomic E-state index is 9.60. The number of aliphatic hydroxyl groups excluding tert-OH is 1. The third kappa shape index (κ3) is 3.35. The molecule has 1 aromatic carbocycles. The second-order valence-electron chi connectivity index (χ2n) is 5.78. The van der Waals surface area contributed by atoms with Gasteiger partial charge in [0.1, 0.15) is 0 Å². The van der Waals surface area contributed by atoms with Crippen molar-refractivity contribution in [2.75, 3.05) is 13.2 Å². The fourth-order valence-corrected chi connectivity index (χ4v) is 3.15. The molecule has 0 aromatic heterocycles. The number of nitrogens with zero attached hydrogens (tertiary/aromatic N) is 1. The quantitative estimate of drug-likeness (QED) is 0.875. The Morgan fingerprint density at radius 2 is 2.00 bits per heavy atom. The van der Waals surface area contributed by atoms with Crippen molar-refractivity contribution in [3.05, 3.63) is 35.4 Å². The SMILES string of the molecule is Cc1ccc(C(C(C)N)N2CCCCC2CO)cc1. The van der Waals surface area contributed by atoms with Crippen LogP contribution in [-0.4, -0.2) is 35.2 Å². The Balaban J connectivity index is 2.25. The Hall–Kier alpha value is -0.900. The van der Waals surface area contributed by atoms with Gasteiger partial charge in [-0.25, -0.2) is 0 Å². The number of nitrogens with two attached hydrogens (primary N) is 1. The highest BCUT2D eigenvalue weighted by Gasteiger charge is 2.31. The molecule has 1 aromatic rings. The number of hydrogen-bond donors (Lipinski definition) is 2. The Labute approximate surface area is 116 Å². The Morgan fingerprint density at radius 1 is 1.32 bits per heavy atom. The summed E-state index contributed by atoms with van der Waals surface area (Å²) in [7, 11) is 0. The molecule has 3 heteroatoms. The minimum absolute atomic E-state index is 0.0647. The van der Waals surface area contributed by atoms with E-state index < -0.39 is 0 Å². The standard InChI is InChI=1S/C16H26N2O/c1-12-6-8-14(9-7-12)16(13(2)17)18-10-4-3-5-15(18)11-19/h6-9,13,15-16,19H,3-5,10-11,17H2,1-2H3. The number of piperidine rings is 1. The molecule has 0 radical (unpaired) electrons. The van der Waals surface area contributed by atoms with Crippen molar-refractivity contribution < 1.29 is 5.11 Å². The highest BCUT2D eigenvalue weighted by Crippen LogP contribution is 2.30. The van der Waals surface area contributed by atoms with E-state index in [-0.39, 0.29) is 24.7 Å². The summed E-state index contributed by atoms with van der Waals surface area (Å²) in [5, 5.41) is 9.60. The summed E-state index contributed by atoms with van der Waals surface area (Å²) < 4.78 is 0. The van der Waals surface area contributed by atoms with E-state index >= 15 is 0 Å². The molecule has 1 fully saturated rings. The topological polar surface area (TPSA) is 49.5 Å². The minimum atomic E-state index is 0.0647. The van der Waals surface area contributed by atoms with Crippen LogP contribution in [-0.2, 0) is 0 Å². The van der Waals surface area contributed by atoms with Gasteiger partial charge in [-0.05, 0) is 38.8 Å². The number of hydrogen-bond acceptors (Lipinski definition) is 3. The molecular formula is C16H26N2O. The zero-order valence-corrected chi connectivity index (χ0v) is 12.0. The van der Waals surface area contributed by atoms with Gasteiger partial charge in [0.25, 0.3) is 0 Å². The van der Waals surface area contributed by atoms with Crippen molar-refractivity contribution >= 4 is 0 Å². The summed E-state index contributed by atoms with van der Waals surface area (Å²) in [4.78, 5) is 2.40. The molecule has 19 heavy (non-hydrogen) atoms. The second kappa shape index (κ2) is 6.51. The van der Waals surface area contributed by atoms with Crippen molar-refractivity contribution in [3.63, 3.8) is 0 Å². The highest BCUT2D eigenvalue weighted by molar-refractivity contribution is 5.25. The van der Waals surface area contributed by atoms with Crippen LogP contribution in [0.4, 0.5) is 0 Å².